The molecule has 4 bridgehead atoms. The lowest BCUT2D eigenvalue weighted by molar-refractivity contribution is -0.137. The van der Waals surface area contributed by atoms with Crippen LogP contribution in [0.3, 0.4) is 0 Å². The van der Waals surface area contributed by atoms with Gasteiger partial charge < -0.3 is 19.3 Å². The molecule has 8 nitrogen and oxygen atoms in total. The Labute approximate surface area is 244 Å². The van der Waals surface area contributed by atoms with Gasteiger partial charge in [-0.15, -0.1) is 0 Å². The van der Waals surface area contributed by atoms with Crippen molar-refractivity contribution in [1.29, 1.82) is 0 Å². The SMILES string of the molecule is C.CCOC1C(O)C2CC1C1C(=O)CC(=O)C21.CCOC1C2CC(C1OC)C1C(=O)CC(=O)C21.S=S.S=S. The van der Waals surface area contributed by atoms with E-state index in [0.29, 0.717) is 13.2 Å². The third-order valence-electron chi connectivity index (χ3n) is 9.25. The van der Waals surface area contributed by atoms with Gasteiger partial charge in [-0.3, -0.25) is 19.2 Å². The number of fused-ring (bicyclic) bond motifs is 10. The van der Waals surface area contributed by atoms with E-state index in [0.717, 1.165) is 12.8 Å². The van der Waals surface area contributed by atoms with Gasteiger partial charge in [-0.25, -0.2) is 0 Å². The summed E-state index contributed by atoms with van der Waals surface area (Å²) in [4.78, 5) is 47.2. The second-order valence-corrected chi connectivity index (χ2v) is 10.5. The third kappa shape index (κ3) is 5.48. The van der Waals surface area contributed by atoms with Crippen LogP contribution >= 0.6 is 0 Å². The maximum absolute atomic E-state index is 11.9. The monoisotopic (exact) mass is 606 g/mol. The van der Waals surface area contributed by atoms with Crippen molar-refractivity contribution in [3.8, 4) is 0 Å². The van der Waals surface area contributed by atoms with Crippen LogP contribution in [0, 0.1) is 47.3 Å². The zero-order valence-electron chi connectivity index (χ0n) is 21.1. The van der Waals surface area contributed by atoms with Crippen molar-refractivity contribution in [2.45, 2.75) is 71.4 Å². The first-order valence-electron chi connectivity index (χ1n) is 12.7. The predicted molar refractivity (Wildman–Crippen MR) is 150 cm³/mol. The summed E-state index contributed by atoms with van der Waals surface area (Å²) in [6.45, 7) is 5.02. The lowest BCUT2D eigenvalue weighted by atomic mass is 9.78. The molecule has 214 valence electrons. The summed E-state index contributed by atoms with van der Waals surface area (Å²) in [5, 5.41) is 10.1. The molecule has 0 radical (unpaired) electrons. The molecule has 0 amide bonds. The van der Waals surface area contributed by atoms with Gasteiger partial charge in [-0.1, -0.05) is 7.43 Å². The van der Waals surface area contributed by atoms with Crippen molar-refractivity contribution >= 4 is 67.9 Å². The standard InChI is InChI=1S/C13H18O4.C12H16O4.CH4.2S2/c1-3-17-13-7-4-6(12(13)16-2)10-8(14)5-9(15)11(7)10;1-2-16-12-6-3-5(11(12)15)9-7(13)4-8(14)10(6)9;;2*1-2/h6-7,10-13H,3-5H2,1-2H3;5-6,9-12,15H,2-4H2,1H3;1H4;;. The average Bonchev–Trinajstić information content (AvgIpc) is 3.71. The number of methoxy groups -OCH3 is 1. The number of ketones is 4. The van der Waals surface area contributed by atoms with E-state index in [-0.39, 0.29) is 109 Å². The van der Waals surface area contributed by atoms with Gasteiger partial charge in [0.05, 0.1) is 37.3 Å². The van der Waals surface area contributed by atoms with E-state index in [9.17, 15) is 24.3 Å². The van der Waals surface area contributed by atoms with E-state index in [1.165, 1.54) is 0 Å². The number of Topliss-reactive ketones (excluding diaryl/α,β-unsaturated/α-hetero) is 4. The summed E-state index contributed by atoms with van der Waals surface area (Å²) in [6.07, 6.45) is 1.12. The Balaban J connectivity index is 0.000000231. The quantitative estimate of drug-likeness (QED) is 0.459. The van der Waals surface area contributed by atoms with E-state index in [1.54, 1.807) is 7.11 Å². The summed E-state index contributed by atoms with van der Waals surface area (Å²) >= 11 is 14.7. The Kier molecular flexibility index (Phi) is 12.7. The van der Waals surface area contributed by atoms with Crippen LogP contribution in [0.2, 0.25) is 0 Å². The third-order valence-corrected chi connectivity index (χ3v) is 9.25. The van der Waals surface area contributed by atoms with Gasteiger partial charge in [0.25, 0.3) is 0 Å². The first-order chi connectivity index (χ1) is 17.8. The Morgan fingerprint density at radius 3 is 1.42 bits per heavy atom. The highest BCUT2D eigenvalue weighted by atomic mass is 32.8. The van der Waals surface area contributed by atoms with Crippen molar-refractivity contribution < 1.29 is 38.5 Å². The first-order valence-corrected chi connectivity index (χ1v) is 15.4. The van der Waals surface area contributed by atoms with Crippen molar-refractivity contribution in [3.05, 3.63) is 0 Å². The smallest absolute Gasteiger partial charge is 0.144 e. The molecule has 6 aliphatic rings. The van der Waals surface area contributed by atoms with E-state index in [2.05, 4.69) is 44.8 Å². The van der Waals surface area contributed by atoms with Crippen molar-refractivity contribution in [2.24, 2.45) is 47.3 Å². The zero-order chi connectivity index (χ0) is 27.6. The Hall–Kier alpha value is -0.600. The van der Waals surface area contributed by atoms with Crippen LogP contribution in [0.1, 0.15) is 47.0 Å². The molecule has 12 unspecified atom stereocenters. The van der Waals surface area contributed by atoms with Crippen LogP contribution in [-0.2, 0) is 78.1 Å². The van der Waals surface area contributed by atoms with Gasteiger partial charge in [-0.2, -0.15) is 0 Å². The fourth-order valence-electron chi connectivity index (χ4n) is 8.34. The summed E-state index contributed by atoms with van der Waals surface area (Å²) in [5.41, 5.74) is 0. The number of carbonyl (C=O) groups excluding carboxylic acids is 4. The summed E-state index contributed by atoms with van der Waals surface area (Å²) in [5.74, 6) is 0.298. The van der Waals surface area contributed by atoms with Gasteiger partial charge in [-0.05, 0) is 50.4 Å². The molecule has 6 fully saturated rings. The van der Waals surface area contributed by atoms with Gasteiger partial charge in [0.15, 0.2) is 0 Å². The number of ether oxygens (including phenoxy) is 3. The van der Waals surface area contributed by atoms with Gasteiger partial charge in [0.1, 0.15) is 23.1 Å². The van der Waals surface area contributed by atoms with Crippen LogP contribution < -0.4 is 0 Å². The molecule has 6 rings (SSSR count). The molecular weight excluding hydrogens is 569 g/mol. The lowest BCUT2D eigenvalue weighted by Gasteiger charge is -2.35. The lowest BCUT2D eigenvalue weighted by Crippen LogP contribution is -2.45. The summed E-state index contributed by atoms with van der Waals surface area (Å²) < 4.78 is 16.8. The van der Waals surface area contributed by atoms with Crippen LogP contribution in [-0.4, -0.2) is 73.0 Å². The Morgan fingerprint density at radius 2 is 1.00 bits per heavy atom. The largest absolute Gasteiger partial charge is 0.390 e. The van der Waals surface area contributed by atoms with Crippen molar-refractivity contribution in [3.63, 3.8) is 0 Å². The van der Waals surface area contributed by atoms with Crippen LogP contribution in [0.4, 0.5) is 0 Å². The van der Waals surface area contributed by atoms with E-state index in [4.69, 9.17) is 14.2 Å². The van der Waals surface area contributed by atoms with Gasteiger partial charge in [0, 0.05) is 88.7 Å². The fraction of sp³-hybridized carbons (Fsp3) is 0.846. The van der Waals surface area contributed by atoms with Crippen LogP contribution in [0.5, 0.6) is 0 Å². The minimum atomic E-state index is -0.555. The Morgan fingerprint density at radius 1 is 0.658 bits per heavy atom. The molecule has 38 heavy (non-hydrogen) atoms. The van der Waals surface area contributed by atoms with Crippen LogP contribution in [0.15, 0.2) is 0 Å². The topological polar surface area (TPSA) is 116 Å². The normalized spacial score (nSPS) is 42.7. The maximum Gasteiger partial charge on any atom is 0.144 e. The molecule has 6 aliphatic carbocycles. The van der Waals surface area contributed by atoms with Gasteiger partial charge in [0.2, 0.25) is 0 Å². The molecular formula is C26H38O8S4. The molecule has 12 atom stereocenters. The zero-order valence-corrected chi connectivity index (χ0v) is 24.4. The minimum Gasteiger partial charge on any atom is -0.390 e. The summed E-state index contributed by atoms with van der Waals surface area (Å²) in [7, 11) is 1.67. The fourth-order valence-corrected chi connectivity index (χ4v) is 8.34. The highest BCUT2D eigenvalue weighted by Gasteiger charge is 2.66. The van der Waals surface area contributed by atoms with Crippen molar-refractivity contribution in [2.75, 3.05) is 20.3 Å². The number of hydrogen-bond donors (Lipinski definition) is 1. The number of hydrogen-bond acceptors (Lipinski definition) is 12. The number of aliphatic hydroxyl groups is 1. The molecule has 0 aromatic rings. The molecule has 0 aliphatic heterocycles. The average molecular weight is 607 g/mol. The molecule has 6 saturated carbocycles. The number of carbonyl (C=O) groups is 4. The second kappa shape index (κ2) is 14.3. The van der Waals surface area contributed by atoms with E-state index >= 15 is 0 Å². The number of rotatable bonds is 5. The molecule has 0 aromatic carbocycles. The molecule has 12 heteroatoms. The van der Waals surface area contributed by atoms with Gasteiger partial charge >= 0.3 is 0 Å². The van der Waals surface area contributed by atoms with Crippen LogP contribution in [0.25, 0.3) is 0 Å². The predicted octanol–water partition coefficient (Wildman–Crippen LogP) is 1.63. The molecule has 0 saturated heterocycles. The Bertz CT molecular complexity index is 900. The highest BCUT2D eigenvalue weighted by molar-refractivity contribution is 8.07. The van der Waals surface area contributed by atoms with E-state index in [1.807, 2.05) is 13.8 Å². The van der Waals surface area contributed by atoms with Crippen molar-refractivity contribution in [1.82, 2.24) is 0 Å². The minimum absolute atomic E-state index is 0. The second-order valence-electron chi connectivity index (χ2n) is 10.5. The molecule has 0 aromatic heterocycles. The first kappa shape index (κ1) is 33.6. The van der Waals surface area contributed by atoms with E-state index < -0.39 is 6.10 Å². The molecule has 0 heterocycles. The summed E-state index contributed by atoms with van der Waals surface area (Å²) in [6, 6.07) is 0. The highest BCUT2D eigenvalue weighted by Crippen LogP contribution is 2.58. The molecule has 1 N–H and O–H groups in total. The number of aliphatic hydroxyl groups excluding tert-OH is 1. The maximum atomic E-state index is 11.9. The molecule has 0 spiro atoms.